The number of aryl methyl sites for hydroxylation is 1. The maximum Gasteiger partial charge on any atom is 0.397 e. The van der Waals surface area contributed by atoms with E-state index >= 15 is 4.39 Å². The van der Waals surface area contributed by atoms with Gasteiger partial charge in [-0.15, -0.1) is 0 Å². The van der Waals surface area contributed by atoms with Crippen LogP contribution in [-0.4, -0.2) is 63.9 Å². The monoisotopic (exact) mass is 554 g/mol. The minimum absolute atomic E-state index is 0.0220. The molecule has 1 amide bonds. The summed E-state index contributed by atoms with van der Waals surface area (Å²) in [4.78, 5) is 17.5. The van der Waals surface area contributed by atoms with E-state index in [2.05, 4.69) is 10.00 Å². The van der Waals surface area contributed by atoms with Crippen LogP contribution in [0.4, 0.5) is 17.6 Å². The van der Waals surface area contributed by atoms with Gasteiger partial charge in [-0.1, -0.05) is 36.4 Å². The second-order valence-corrected chi connectivity index (χ2v) is 11.3. The highest BCUT2D eigenvalue weighted by Gasteiger charge is 2.48. The molecule has 0 spiro atoms. The van der Waals surface area contributed by atoms with E-state index in [0.29, 0.717) is 23.7 Å². The molecule has 0 radical (unpaired) electrons. The molecule has 1 saturated carbocycles. The van der Waals surface area contributed by atoms with Crippen LogP contribution in [-0.2, 0) is 12.0 Å². The molecule has 2 aromatic carbocycles. The highest BCUT2D eigenvalue weighted by molar-refractivity contribution is 5.94. The molecule has 2 fully saturated rings. The van der Waals surface area contributed by atoms with Gasteiger partial charge in [-0.05, 0) is 74.6 Å². The van der Waals surface area contributed by atoms with Gasteiger partial charge in [-0.3, -0.25) is 14.4 Å². The minimum atomic E-state index is -4.39. The Morgan fingerprint density at radius 2 is 1.68 bits per heavy atom. The molecule has 0 N–H and O–H groups in total. The van der Waals surface area contributed by atoms with E-state index in [-0.39, 0.29) is 17.2 Å². The zero-order valence-electron chi connectivity index (χ0n) is 23.0. The summed E-state index contributed by atoms with van der Waals surface area (Å²) in [6, 6.07) is 15.5. The molecule has 2 aliphatic rings. The van der Waals surface area contributed by atoms with Crippen LogP contribution in [0.5, 0.6) is 0 Å². The molecular formula is C31H34F4N4O. The van der Waals surface area contributed by atoms with Crippen molar-refractivity contribution in [3.05, 3.63) is 88.2 Å². The van der Waals surface area contributed by atoms with Crippen molar-refractivity contribution in [2.45, 2.75) is 57.8 Å². The summed E-state index contributed by atoms with van der Waals surface area (Å²) in [5.74, 6) is -0.562. The normalized spacial score (nSPS) is 17.4. The van der Waals surface area contributed by atoms with Gasteiger partial charge in [-0.2, -0.15) is 18.3 Å². The first kappa shape index (κ1) is 28.1. The molecule has 40 heavy (non-hydrogen) atoms. The summed E-state index contributed by atoms with van der Waals surface area (Å²) in [5.41, 5.74) is 0.940. The van der Waals surface area contributed by atoms with E-state index < -0.39 is 17.4 Å². The minimum Gasteiger partial charge on any atom is -0.336 e. The number of hydrogen-bond acceptors (Lipinski definition) is 3. The number of hydrogen-bond donors (Lipinski definition) is 0. The summed E-state index contributed by atoms with van der Waals surface area (Å²) in [7, 11) is 0. The number of carbonyl (C=O) groups excluding carboxylic acids is 1. The van der Waals surface area contributed by atoms with Crippen molar-refractivity contribution in [1.82, 2.24) is 19.6 Å². The fraction of sp³-hybridized carbons (Fsp3) is 0.419. The molecule has 9 heteroatoms. The van der Waals surface area contributed by atoms with Crippen LogP contribution in [0.25, 0.3) is 11.9 Å². The van der Waals surface area contributed by atoms with Gasteiger partial charge in [0, 0.05) is 43.5 Å². The zero-order chi connectivity index (χ0) is 28.7. The molecule has 0 atom stereocenters. The number of nitrogens with zero attached hydrogens (tertiary/aromatic N) is 4. The number of piperazine rings is 1. The molecule has 1 aromatic heterocycles. The average Bonchev–Trinajstić information content (AvgIpc) is 3.71. The Hall–Kier alpha value is -3.46. The Labute approximate surface area is 232 Å². The van der Waals surface area contributed by atoms with Crippen molar-refractivity contribution in [3.63, 3.8) is 0 Å². The quantitative estimate of drug-likeness (QED) is 0.315. The summed E-state index contributed by atoms with van der Waals surface area (Å²) in [6.07, 6.45) is -0.598. The van der Waals surface area contributed by atoms with Gasteiger partial charge in [0.25, 0.3) is 5.91 Å². The number of alkyl halides is 3. The van der Waals surface area contributed by atoms with Gasteiger partial charge < -0.3 is 4.90 Å². The van der Waals surface area contributed by atoms with Crippen molar-refractivity contribution in [3.8, 4) is 0 Å². The highest BCUT2D eigenvalue weighted by Crippen LogP contribution is 2.40. The number of rotatable bonds is 7. The van der Waals surface area contributed by atoms with E-state index in [4.69, 9.17) is 0 Å². The Balaban J connectivity index is 1.25. The van der Waals surface area contributed by atoms with Crippen LogP contribution in [0, 0.1) is 6.92 Å². The molecular weight excluding hydrogens is 520 g/mol. The second-order valence-electron chi connectivity index (χ2n) is 11.3. The summed E-state index contributed by atoms with van der Waals surface area (Å²) in [6.45, 7) is 7.74. The van der Waals surface area contributed by atoms with Gasteiger partial charge in [0.2, 0.25) is 0 Å². The highest BCUT2D eigenvalue weighted by atomic mass is 19.4. The fourth-order valence-electron chi connectivity index (χ4n) is 5.05. The van der Waals surface area contributed by atoms with Crippen molar-refractivity contribution < 1.29 is 22.4 Å². The number of amides is 1. The molecule has 3 aromatic rings. The molecule has 5 nitrogen and oxygen atoms in total. The smallest absolute Gasteiger partial charge is 0.336 e. The zero-order valence-corrected chi connectivity index (χ0v) is 23.0. The molecule has 0 bridgehead atoms. The number of carbonyl (C=O) groups is 1. The lowest BCUT2D eigenvalue weighted by atomic mass is 9.83. The van der Waals surface area contributed by atoms with Crippen LogP contribution in [0.2, 0.25) is 0 Å². The number of halogens is 4. The van der Waals surface area contributed by atoms with Gasteiger partial charge >= 0.3 is 6.18 Å². The van der Waals surface area contributed by atoms with E-state index in [9.17, 15) is 18.0 Å². The van der Waals surface area contributed by atoms with Crippen LogP contribution in [0.15, 0.2) is 54.6 Å². The lowest BCUT2D eigenvalue weighted by Crippen LogP contribution is -2.49. The van der Waals surface area contributed by atoms with Gasteiger partial charge in [0.05, 0.1) is 12.0 Å². The first-order chi connectivity index (χ1) is 18.9. The first-order valence-electron chi connectivity index (χ1n) is 13.6. The Morgan fingerprint density at radius 3 is 2.30 bits per heavy atom. The topological polar surface area (TPSA) is 41.4 Å². The molecule has 1 aliphatic carbocycles. The first-order valence-corrected chi connectivity index (χ1v) is 13.6. The van der Waals surface area contributed by atoms with Crippen LogP contribution in [0.1, 0.15) is 65.1 Å². The predicted octanol–water partition coefficient (Wildman–Crippen LogP) is 6.47. The maximum atomic E-state index is 15.1. The molecule has 212 valence electrons. The molecule has 5 rings (SSSR count). The summed E-state index contributed by atoms with van der Waals surface area (Å²) in [5, 5.41) is 4.41. The van der Waals surface area contributed by atoms with Crippen molar-refractivity contribution in [2.75, 3.05) is 26.2 Å². The van der Waals surface area contributed by atoms with Crippen LogP contribution < -0.4 is 0 Å². The van der Waals surface area contributed by atoms with Crippen LogP contribution >= 0.6 is 0 Å². The van der Waals surface area contributed by atoms with Gasteiger partial charge in [0.1, 0.15) is 5.69 Å². The van der Waals surface area contributed by atoms with Crippen molar-refractivity contribution >= 4 is 17.8 Å². The van der Waals surface area contributed by atoms with E-state index in [1.165, 1.54) is 43.2 Å². The van der Waals surface area contributed by atoms with Gasteiger partial charge in [-0.25, -0.2) is 4.39 Å². The third kappa shape index (κ3) is 5.99. The average molecular weight is 555 g/mol. The Morgan fingerprint density at radius 1 is 1.00 bits per heavy atom. The Kier molecular flexibility index (Phi) is 7.61. The molecule has 1 saturated heterocycles. The maximum absolute atomic E-state index is 15.1. The van der Waals surface area contributed by atoms with E-state index in [1.54, 1.807) is 10.7 Å². The van der Waals surface area contributed by atoms with Crippen molar-refractivity contribution in [2.24, 2.45) is 0 Å². The lowest BCUT2D eigenvalue weighted by molar-refractivity contribution is -0.180. The largest absolute Gasteiger partial charge is 0.397 e. The Bertz CT molecular complexity index is 1400. The summed E-state index contributed by atoms with van der Waals surface area (Å²) >= 11 is 0. The number of benzene rings is 2. The SMILES string of the molecule is Cc1cc(C(F)=Cc2ccc(C(C)(C)C(F)(F)F)cc2)nn1Cc1cccc(C(=O)N2CCN(C3CC3)CC2)c1. The van der Waals surface area contributed by atoms with E-state index in [0.717, 1.165) is 51.3 Å². The predicted molar refractivity (Wildman–Crippen MR) is 148 cm³/mol. The van der Waals surface area contributed by atoms with Crippen LogP contribution in [0.3, 0.4) is 0 Å². The summed E-state index contributed by atoms with van der Waals surface area (Å²) < 4.78 is 56.8. The van der Waals surface area contributed by atoms with Crippen molar-refractivity contribution in [1.29, 1.82) is 0 Å². The fourth-order valence-corrected chi connectivity index (χ4v) is 5.05. The molecule has 1 aliphatic heterocycles. The molecule has 2 heterocycles. The van der Waals surface area contributed by atoms with E-state index in [1.807, 2.05) is 36.1 Å². The number of aromatic nitrogens is 2. The third-order valence-electron chi connectivity index (χ3n) is 8.03. The standard InChI is InChI=1S/C31H34F4N4O/c1-21-17-28(27(32)19-22-7-9-25(10-8-22)30(2,3)31(33,34)35)36-39(21)20-23-5-4-6-24(18-23)29(40)38-15-13-37(14-16-38)26-11-12-26/h4-10,17-19,26H,11-16,20H2,1-3H3. The second kappa shape index (κ2) is 10.8. The lowest BCUT2D eigenvalue weighted by Gasteiger charge is -2.34. The third-order valence-corrected chi connectivity index (χ3v) is 8.03. The van der Waals surface area contributed by atoms with Gasteiger partial charge in [0.15, 0.2) is 5.83 Å². The molecule has 0 unspecified atom stereocenters.